The molecular formula is C18H14ClN5OS3. The molecule has 0 aliphatic carbocycles. The van der Waals surface area contributed by atoms with Crippen molar-refractivity contribution in [2.45, 2.75) is 11.3 Å². The molecule has 142 valence electrons. The van der Waals surface area contributed by atoms with E-state index >= 15 is 0 Å². The molecule has 0 aliphatic heterocycles. The van der Waals surface area contributed by atoms with Gasteiger partial charge in [0.2, 0.25) is 5.13 Å². The number of rotatable bonds is 6. The maximum Gasteiger partial charge on any atom is 0.267 e. The van der Waals surface area contributed by atoms with Crippen LogP contribution in [-0.4, -0.2) is 31.6 Å². The summed E-state index contributed by atoms with van der Waals surface area (Å²) in [4.78, 5) is 14.1. The fraction of sp³-hybridized carbons (Fsp3) is 0.111. The van der Waals surface area contributed by atoms with E-state index in [1.165, 1.54) is 34.4 Å². The summed E-state index contributed by atoms with van der Waals surface area (Å²) in [5.41, 5.74) is 1.62. The zero-order chi connectivity index (χ0) is 19.7. The minimum Gasteiger partial charge on any atom is -0.296 e. The molecule has 0 bridgehead atoms. The van der Waals surface area contributed by atoms with Crippen molar-refractivity contribution in [3.63, 3.8) is 0 Å². The molecule has 1 N–H and O–H groups in total. The topological polar surface area (TPSA) is 72.7 Å². The molecule has 0 saturated carbocycles. The molecule has 10 heteroatoms. The van der Waals surface area contributed by atoms with Gasteiger partial charge in [0, 0.05) is 11.1 Å². The molecule has 6 nitrogen and oxygen atoms in total. The van der Waals surface area contributed by atoms with E-state index < -0.39 is 0 Å². The van der Waals surface area contributed by atoms with E-state index in [1.54, 1.807) is 10.8 Å². The number of hydrogen-bond donors (Lipinski definition) is 1. The van der Waals surface area contributed by atoms with Gasteiger partial charge in [0.25, 0.3) is 5.91 Å². The molecule has 3 aromatic heterocycles. The fourth-order valence-corrected chi connectivity index (χ4v) is 5.35. The second kappa shape index (κ2) is 8.04. The molecule has 0 atom stereocenters. The van der Waals surface area contributed by atoms with E-state index in [2.05, 4.69) is 27.2 Å². The molecule has 0 saturated heterocycles. The van der Waals surface area contributed by atoms with Gasteiger partial charge in [-0.25, -0.2) is 4.68 Å². The van der Waals surface area contributed by atoms with Crippen LogP contribution < -0.4 is 5.32 Å². The zero-order valence-electron chi connectivity index (χ0n) is 14.7. The van der Waals surface area contributed by atoms with Crippen molar-refractivity contribution in [3.05, 3.63) is 58.6 Å². The minimum atomic E-state index is -0.220. The normalized spacial score (nSPS) is 11.1. The lowest BCUT2D eigenvalue weighted by Crippen LogP contribution is -2.09. The van der Waals surface area contributed by atoms with E-state index in [4.69, 9.17) is 11.6 Å². The summed E-state index contributed by atoms with van der Waals surface area (Å²) in [5.74, 6) is 0.527. The van der Waals surface area contributed by atoms with Crippen molar-refractivity contribution >= 4 is 67.3 Å². The van der Waals surface area contributed by atoms with E-state index in [9.17, 15) is 4.79 Å². The average Bonchev–Trinajstić information content (AvgIpc) is 3.38. The van der Waals surface area contributed by atoms with E-state index in [0.29, 0.717) is 15.0 Å². The first kappa shape index (κ1) is 19.1. The van der Waals surface area contributed by atoms with E-state index in [-0.39, 0.29) is 5.91 Å². The summed E-state index contributed by atoms with van der Waals surface area (Å²) in [6, 6.07) is 9.34. The highest BCUT2D eigenvalue weighted by atomic mass is 35.5. The van der Waals surface area contributed by atoms with Crippen LogP contribution in [0.4, 0.5) is 5.13 Å². The minimum absolute atomic E-state index is 0.220. The number of aromatic nitrogens is 4. The second-order valence-corrected chi connectivity index (χ2v) is 9.39. The number of benzene rings is 1. The Balaban J connectivity index is 1.62. The number of halogens is 1. The number of aryl methyl sites for hydroxylation is 1. The largest absolute Gasteiger partial charge is 0.296 e. The molecular weight excluding hydrogens is 434 g/mol. The number of amides is 1. The third-order valence-corrected chi connectivity index (χ3v) is 7.20. The van der Waals surface area contributed by atoms with Crippen molar-refractivity contribution < 1.29 is 4.79 Å². The van der Waals surface area contributed by atoms with Gasteiger partial charge in [-0.15, -0.1) is 28.1 Å². The number of nitrogens with zero attached hydrogens (tertiary/aromatic N) is 4. The Morgan fingerprint density at radius 3 is 2.96 bits per heavy atom. The number of anilines is 1. The van der Waals surface area contributed by atoms with Gasteiger partial charge in [-0.05, 0) is 25.1 Å². The van der Waals surface area contributed by atoms with Crippen LogP contribution in [-0.2, 0) is 0 Å². The van der Waals surface area contributed by atoms with Crippen LogP contribution >= 0.6 is 46.0 Å². The summed E-state index contributed by atoms with van der Waals surface area (Å²) in [5, 5.41) is 17.5. The summed E-state index contributed by atoms with van der Waals surface area (Å²) < 4.78 is 2.57. The van der Waals surface area contributed by atoms with Crippen molar-refractivity contribution in [2.75, 3.05) is 11.1 Å². The van der Waals surface area contributed by atoms with Crippen LogP contribution in [0.15, 0.2) is 47.3 Å². The molecule has 1 amide bonds. The van der Waals surface area contributed by atoms with Gasteiger partial charge in [-0.3, -0.25) is 10.1 Å². The highest BCUT2D eigenvalue weighted by Crippen LogP contribution is 2.33. The number of hydrogen-bond acceptors (Lipinski definition) is 7. The fourth-order valence-electron chi connectivity index (χ4n) is 2.55. The SMILES string of the molecule is C=CCSc1nnc(NC(=O)c2cc3c(C)nn(-c4ccccc4Cl)c3s2)s1. The van der Waals surface area contributed by atoms with Gasteiger partial charge in [-0.2, -0.15) is 5.10 Å². The highest BCUT2D eigenvalue weighted by molar-refractivity contribution is 8.01. The molecule has 0 radical (unpaired) electrons. The van der Waals surface area contributed by atoms with Gasteiger partial charge in [-0.1, -0.05) is 52.9 Å². The summed E-state index contributed by atoms with van der Waals surface area (Å²) in [6.07, 6.45) is 1.80. The first-order valence-electron chi connectivity index (χ1n) is 8.19. The van der Waals surface area contributed by atoms with Crippen molar-refractivity contribution in [1.82, 2.24) is 20.0 Å². The van der Waals surface area contributed by atoms with E-state index in [1.807, 2.05) is 37.3 Å². The highest BCUT2D eigenvalue weighted by Gasteiger charge is 2.19. The lowest BCUT2D eigenvalue weighted by molar-refractivity contribution is 0.103. The number of carbonyl (C=O) groups is 1. The molecule has 28 heavy (non-hydrogen) atoms. The van der Waals surface area contributed by atoms with Crippen LogP contribution in [0.2, 0.25) is 5.02 Å². The third kappa shape index (κ3) is 3.70. The third-order valence-electron chi connectivity index (χ3n) is 3.80. The average molecular weight is 448 g/mol. The Bertz CT molecular complexity index is 1180. The van der Waals surface area contributed by atoms with Gasteiger partial charge < -0.3 is 0 Å². The lowest BCUT2D eigenvalue weighted by atomic mass is 10.3. The Morgan fingerprint density at radius 2 is 2.18 bits per heavy atom. The molecule has 3 heterocycles. The number of nitrogens with one attached hydrogen (secondary N) is 1. The number of thiophene rings is 1. The monoisotopic (exact) mass is 447 g/mol. The summed E-state index contributed by atoms with van der Waals surface area (Å²) >= 11 is 10.6. The van der Waals surface area contributed by atoms with Crippen LogP contribution in [0.1, 0.15) is 15.4 Å². The Morgan fingerprint density at radius 1 is 1.36 bits per heavy atom. The number of carbonyl (C=O) groups excluding carboxylic acids is 1. The first-order chi connectivity index (χ1) is 13.6. The van der Waals surface area contributed by atoms with Crippen LogP contribution in [0.5, 0.6) is 0 Å². The Hall–Kier alpha value is -2.20. The van der Waals surface area contributed by atoms with Gasteiger partial charge >= 0.3 is 0 Å². The van der Waals surface area contributed by atoms with Crippen molar-refractivity contribution in [1.29, 1.82) is 0 Å². The van der Waals surface area contributed by atoms with Crippen molar-refractivity contribution in [3.8, 4) is 5.69 Å². The van der Waals surface area contributed by atoms with E-state index in [0.717, 1.165) is 31.7 Å². The van der Waals surface area contributed by atoms with Crippen LogP contribution in [0.25, 0.3) is 15.9 Å². The Kier molecular flexibility index (Phi) is 5.49. The lowest BCUT2D eigenvalue weighted by Gasteiger charge is -2.04. The summed E-state index contributed by atoms with van der Waals surface area (Å²) in [6.45, 7) is 5.59. The number of fused-ring (bicyclic) bond motifs is 1. The molecule has 4 rings (SSSR count). The molecule has 0 fully saturated rings. The molecule has 4 aromatic rings. The molecule has 0 spiro atoms. The van der Waals surface area contributed by atoms with Crippen LogP contribution in [0, 0.1) is 6.92 Å². The first-order valence-corrected chi connectivity index (χ1v) is 11.2. The second-order valence-electron chi connectivity index (χ2n) is 5.71. The molecule has 1 aromatic carbocycles. The zero-order valence-corrected chi connectivity index (χ0v) is 17.9. The smallest absolute Gasteiger partial charge is 0.267 e. The quantitative estimate of drug-likeness (QED) is 0.242. The predicted molar refractivity (Wildman–Crippen MR) is 117 cm³/mol. The van der Waals surface area contributed by atoms with Crippen LogP contribution in [0.3, 0.4) is 0 Å². The standard InChI is InChI=1S/C18H14ClN5OS3/c1-3-8-26-18-22-21-17(28-18)20-15(25)14-9-11-10(2)23-24(16(11)27-14)13-7-5-4-6-12(13)19/h3-7,9H,1,8H2,2H3,(H,20,21,25). The van der Waals surface area contributed by atoms with Gasteiger partial charge in [0.15, 0.2) is 4.34 Å². The summed E-state index contributed by atoms with van der Waals surface area (Å²) in [7, 11) is 0. The molecule has 0 aliphatic rings. The molecule has 0 unspecified atom stereocenters. The number of para-hydroxylation sites is 1. The maximum atomic E-state index is 12.7. The van der Waals surface area contributed by atoms with Gasteiger partial charge in [0.1, 0.15) is 4.83 Å². The van der Waals surface area contributed by atoms with Gasteiger partial charge in [0.05, 0.1) is 21.3 Å². The van der Waals surface area contributed by atoms with Crippen molar-refractivity contribution in [2.24, 2.45) is 0 Å². The predicted octanol–water partition coefficient (Wildman–Crippen LogP) is 5.43. The number of thioether (sulfide) groups is 1. The Labute approximate surface area is 178 Å². The maximum absolute atomic E-state index is 12.7.